The molecule has 0 aromatic carbocycles. The van der Waals surface area contributed by atoms with E-state index in [2.05, 4.69) is 25.7 Å². The Labute approximate surface area is 150 Å². The lowest BCUT2D eigenvalue weighted by Gasteiger charge is -2.22. The first-order valence-corrected chi connectivity index (χ1v) is 8.77. The molecule has 0 unspecified atom stereocenters. The number of hydrogen-bond donors (Lipinski definition) is 2. The number of aliphatic imine (C=N–C) groups is 1. The Hall–Kier alpha value is -0.810. The summed E-state index contributed by atoms with van der Waals surface area (Å²) in [6.07, 6.45) is 3.15. The first-order chi connectivity index (χ1) is 9.83. The molecule has 2 N–H and O–H groups in total. The fourth-order valence-electron chi connectivity index (χ4n) is 1.84. The van der Waals surface area contributed by atoms with Crippen LogP contribution in [0.5, 0.6) is 0 Å². The smallest absolute Gasteiger partial charge is 0.208 e. The van der Waals surface area contributed by atoms with Gasteiger partial charge in [0.2, 0.25) is 10.0 Å². The summed E-state index contributed by atoms with van der Waals surface area (Å²) in [5, 5.41) is 3.20. The van der Waals surface area contributed by atoms with Gasteiger partial charge in [0.05, 0.1) is 19.3 Å². The highest BCUT2D eigenvalue weighted by Crippen LogP contribution is 2.03. The SMILES string of the molecule is CCNC(=NCCNS(C)(=O)=O)N(C)Cc1cccn1C.I. The van der Waals surface area contributed by atoms with Gasteiger partial charge in [-0.3, -0.25) is 4.99 Å². The highest BCUT2D eigenvalue weighted by atomic mass is 127. The van der Waals surface area contributed by atoms with Crippen LogP contribution in [0.1, 0.15) is 12.6 Å². The molecule has 9 heteroatoms. The minimum Gasteiger partial charge on any atom is -0.357 e. The number of guanidine groups is 1. The summed E-state index contributed by atoms with van der Waals surface area (Å²) in [5.41, 5.74) is 1.18. The summed E-state index contributed by atoms with van der Waals surface area (Å²) in [5.74, 6) is 0.758. The summed E-state index contributed by atoms with van der Waals surface area (Å²) in [4.78, 5) is 6.44. The summed E-state index contributed by atoms with van der Waals surface area (Å²) in [7, 11) is 0.802. The van der Waals surface area contributed by atoms with E-state index in [0.29, 0.717) is 13.1 Å². The van der Waals surface area contributed by atoms with Gasteiger partial charge in [0, 0.05) is 39.1 Å². The van der Waals surface area contributed by atoms with Crippen LogP contribution >= 0.6 is 24.0 Å². The average molecular weight is 443 g/mol. The first kappa shape index (κ1) is 21.2. The molecule has 0 amide bonds. The zero-order valence-electron chi connectivity index (χ0n) is 13.5. The highest BCUT2D eigenvalue weighted by molar-refractivity contribution is 14.0. The predicted octanol–water partition coefficient (Wildman–Crippen LogP) is 0.590. The molecule has 0 bridgehead atoms. The minimum atomic E-state index is -3.16. The molecule has 0 saturated heterocycles. The van der Waals surface area contributed by atoms with E-state index < -0.39 is 10.0 Å². The van der Waals surface area contributed by atoms with Crippen LogP contribution in [-0.4, -0.2) is 56.8 Å². The maximum Gasteiger partial charge on any atom is 0.208 e. The quantitative estimate of drug-likeness (QED) is 0.280. The number of halogens is 1. The van der Waals surface area contributed by atoms with Crippen LogP contribution in [0.2, 0.25) is 0 Å². The Morgan fingerprint density at radius 1 is 1.45 bits per heavy atom. The molecule has 1 aromatic rings. The molecule has 128 valence electrons. The second-order valence-corrected chi connectivity index (χ2v) is 6.70. The number of aryl methyl sites for hydroxylation is 1. The monoisotopic (exact) mass is 443 g/mol. The Morgan fingerprint density at radius 3 is 2.64 bits per heavy atom. The first-order valence-electron chi connectivity index (χ1n) is 6.87. The summed E-state index contributed by atoms with van der Waals surface area (Å²) < 4.78 is 26.5. The standard InChI is InChI=1S/C13H25N5O2S.HI/c1-5-14-13(15-8-9-16-21(4,19)20)18(3)11-12-7-6-10-17(12)2;/h6-7,10,16H,5,8-9,11H2,1-4H3,(H,14,15);1H. The van der Waals surface area contributed by atoms with Gasteiger partial charge in [-0.1, -0.05) is 0 Å². The van der Waals surface area contributed by atoms with Crippen molar-refractivity contribution in [2.24, 2.45) is 12.0 Å². The zero-order chi connectivity index (χ0) is 15.9. The van der Waals surface area contributed by atoms with Gasteiger partial charge in [-0.05, 0) is 19.1 Å². The van der Waals surface area contributed by atoms with E-state index in [1.807, 2.05) is 38.2 Å². The van der Waals surface area contributed by atoms with Crippen molar-refractivity contribution in [3.63, 3.8) is 0 Å². The number of sulfonamides is 1. The second-order valence-electron chi connectivity index (χ2n) is 4.87. The molecule has 1 rings (SSSR count). The number of nitrogens with zero attached hydrogens (tertiary/aromatic N) is 3. The van der Waals surface area contributed by atoms with Crippen LogP contribution in [-0.2, 0) is 23.6 Å². The molecule has 0 radical (unpaired) electrons. The van der Waals surface area contributed by atoms with E-state index in [1.54, 1.807) is 0 Å². The van der Waals surface area contributed by atoms with Gasteiger partial charge < -0.3 is 14.8 Å². The molecular weight excluding hydrogens is 417 g/mol. The lowest BCUT2D eigenvalue weighted by Crippen LogP contribution is -2.39. The van der Waals surface area contributed by atoms with E-state index in [-0.39, 0.29) is 24.0 Å². The van der Waals surface area contributed by atoms with Crippen molar-refractivity contribution < 1.29 is 8.42 Å². The molecule has 7 nitrogen and oxygen atoms in total. The second kappa shape index (κ2) is 10.1. The van der Waals surface area contributed by atoms with E-state index >= 15 is 0 Å². The van der Waals surface area contributed by atoms with Gasteiger partial charge in [-0.15, -0.1) is 24.0 Å². The van der Waals surface area contributed by atoms with E-state index in [0.717, 1.165) is 25.3 Å². The zero-order valence-corrected chi connectivity index (χ0v) is 16.7. The Balaban J connectivity index is 0.00000441. The lowest BCUT2D eigenvalue weighted by molar-refractivity contribution is 0.462. The van der Waals surface area contributed by atoms with Gasteiger partial charge in [0.1, 0.15) is 0 Å². The fraction of sp³-hybridized carbons (Fsp3) is 0.615. The maximum atomic E-state index is 11.0. The van der Waals surface area contributed by atoms with Crippen LogP contribution in [0.15, 0.2) is 23.3 Å². The molecule has 0 saturated carbocycles. The van der Waals surface area contributed by atoms with Crippen molar-refractivity contribution in [1.29, 1.82) is 0 Å². The molecule has 0 aliphatic carbocycles. The third-order valence-corrected chi connectivity index (χ3v) is 3.61. The predicted molar refractivity (Wildman–Crippen MR) is 101 cm³/mol. The molecular formula is C13H26IN5O2S. The number of rotatable bonds is 7. The molecule has 1 heterocycles. The van der Waals surface area contributed by atoms with Crippen LogP contribution in [0.4, 0.5) is 0 Å². The molecule has 0 spiro atoms. The number of nitrogens with one attached hydrogen (secondary N) is 2. The largest absolute Gasteiger partial charge is 0.357 e. The Morgan fingerprint density at radius 2 is 2.14 bits per heavy atom. The molecule has 1 aromatic heterocycles. The normalized spacial score (nSPS) is 11.9. The number of hydrogen-bond acceptors (Lipinski definition) is 3. The molecule has 0 aliphatic heterocycles. The summed E-state index contributed by atoms with van der Waals surface area (Å²) in [6, 6.07) is 4.06. The van der Waals surface area contributed by atoms with Crippen LogP contribution in [0.25, 0.3) is 0 Å². The van der Waals surface area contributed by atoms with Crippen molar-refractivity contribution >= 4 is 40.0 Å². The van der Waals surface area contributed by atoms with Gasteiger partial charge in [0.25, 0.3) is 0 Å². The number of aromatic nitrogens is 1. The maximum absolute atomic E-state index is 11.0. The Kier molecular flexibility index (Phi) is 9.69. The van der Waals surface area contributed by atoms with Crippen molar-refractivity contribution in [2.75, 3.05) is 32.9 Å². The van der Waals surface area contributed by atoms with Crippen molar-refractivity contribution in [2.45, 2.75) is 13.5 Å². The highest BCUT2D eigenvalue weighted by Gasteiger charge is 2.08. The van der Waals surface area contributed by atoms with E-state index in [9.17, 15) is 8.42 Å². The van der Waals surface area contributed by atoms with Crippen LogP contribution in [0, 0.1) is 0 Å². The minimum absolute atomic E-state index is 0. The van der Waals surface area contributed by atoms with Gasteiger partial charge in [-0.2, -0.15) is 0 Å². The Bertz CT molecular complexity index is 571. The van der Waals surface area contributed by atoms with E-state index in [1.165, 1.54) is 5.69 Å². The summed E-state index contributed by atoms with van der Waals surface area (Å²) >= 11 is 0. The van der Waals surface area contributed by atoms with Crippen LogP contribution in [0.3, 0.4) is 0 Å². The summed E-state index contributed by atoms with van der Waals surface area (Å²) in [6.45, 7) is 4.18. The van der Waals surface area contributed by atoms with Gasteiger partial charge in [-0.25, -0.2) is 13.1 Å². The van der Waals surface area contributed by atoms with Crippen molar-refractivity contribution in [3.05, 3.63) is 24.0 Å². The fourth-order valence-corrected chi connectivity index (χ4v) is 2.30. The third kappa shape index (κ3) is 7.99. The molecule has 0 aliphatic rings. The topological polar surface area (TPSA) is 78.7 Å². The molecule has 0 atom stereocenters. The average Bonchev–Trinajstić information content (AvgIpc) is 2.77. The van der Waals surface area contributed by atoms with Crippen LogP contribution < -0.4 is 10.0 Å². The molecule has 22 heavy (non-hydrogen) atoms. The van der Waals surface area contributed by atoms with Crippen molar-refractivity contribution in [3.8, 4) is 0 Å². The van der Waals surface area contributed by atoms with Gasteiger partial charge >= 0.3 is 0 Å². The van der Waals surface area contributed by atoms with Crippen molar-refractivity contribution in [1.82, 2.24) is 19.5 Å². The molecule has 0 fully saturated rings. The van der Waals surface area contributed by atoms with E-state index in [4.69, 9.17) is 0 Å². The third-order valence-electron chi connectivity index (χ3n) is 2.88. The van der Waals surface area contributed by atoms with Gasteiger partial charge in [0.15, 0.2) is 5.96 Å². The lowest BCUT2D eigenvalue weighted by atomic mass is 10.4.